The minimum atomic E-state index is -0.183. The van der Waals surface area contributed by atoms with Gasteiger partial charge in [0.25, 0.3) is 0 Å². The molecule has 1 aliphatic rings. The zero-order chi connectivity index (χ0) is 26.6. The number of nitrogens with zero attached hydrogens (tertiary/aromatic N) is 4. The lowest BCUT2D eigenvalue weighted by molar-refractivity contribution is 0.146. The van der Waals surface area contributed by atoms with Gasteiger partial charge in [-0.05, 0) is 78.9 Å². The summed E-state index contributed by atoms with van der Waals surface area (Å²) in [6, 6.07) is 24.0. The van der Waals surface area contributed by atoms with E-state index >= 15 is 0 Å². The molecule has 0 aliphatic carbocycles. The van der Waals surface area contributed by atoms with E-state index < -0.39 is 0 Å². The summed E-state index contributed by atoms with van der Waals surface area (Å²) >= 11 is 12.5. The lowest BCUT2D eigenvalue weighted by atomic mass is 10.0. The summed E-state index contributed by atoms with van der Waals surface area (Å²) in [6.45, 7) is 0.905. The Labute approximate surface area is 233 Å². The molecule has 1 aliphatic heterocycles. The van der Waals surface area contributed by atoms with Gasteiger partial charge in [0.05, 0.1) is 23.4 Å². The number of halogens is 1. The molecule has 3 heterocycles. The van der Waals surface area contributed by atoms with Gasteiger partial charge in [0, 0.05) is 56.4 Å². The molecule has 2 aromatic heterocycles. The number of aromatic nitrogens is 2. The monoisotopic (exact) mass is 547 g/mol. The molecule has 4 aromatic rings. The van der Waals surface area contributed by atoms with Gasteiger partial charge in [0.1, 0.15) is 18.4 Å². The maximum absolute atomic E-state index is 6.65. The molecule has 0 radical (unpaired) electrons. The minimum Gasteiger partial charge on any atom is -0.490 e. The van der Waals surface area contributed by atoms with Crippen molar-refractivity contribution in [1.29, 1.82) is 0 Å². The largest absolute Gasteiger partial charge is 0.490 e. The maximum atomic E-state index is 6.65. The molecule has 2 aromatic carbocycles. The number of hydrogen-bond acceptors (Lipinski definition) is 5. The molecule has 0 amide bonds. The number of anilines is 2. The van der Waals surface area contributed by atoms with Gasteiger partial charge in [0.2, 0.25) is 0 Å². The SMILES string of the molecule is COCCOc1ccc(N2C(=S)N[C@H](c3ccccn3)[C@@H]2c2cccn2-c2ccc(N(C)C)cc2)cc1Cl. The lowest BCUT2D eigenvalue weighted by Crippen LogP contribution is -2.30. The van der Waals surface area contributed by atoms with Crippen molar-refractivity contribution in [3.05, 3.63) is 102 Å². The van der Waals surface area contributed by atoms with E-state index in [1.807, 2.05) is 56.7 Å². The van der Waals surface area contributed by atoms with Crippen LogP contribution in [0, 0.1) is 0 Å². The average molecular weight is 548 g/mol. The molecule has 9 heteroatoms. The number of thiocarbonyl (C=S) groups is 1. The fraction of sp³-hybridized carbons (Fsp3) is 0.241. The first-order valence-corrected chi connectivity index (χ1v) is 13.1. The van der Waals surface area contributed by atoms with Crippen molar-refractivity contribution >= 4 is 40.3 Å². The van der Waals surface area contributed by atoms with Crippen molar-refractivity contribution in [3.63, 3.8) is 0 Å². The topological polar surface area (TPSA) is 54.8 Å². The highest BCUT2D eigenvalue weighted by Gasteiger charge is 2.42. The predicted molar refractivity (Wildman–Crippen MR) is 157 cm³/mol. The van der Waals surface area contributed by atoms with Gasteiger partial charge in [-0.25, -0.2) is 0 Å². The molecule has 0 spiro atoms. The number of hydrogen-bond donors (Lipinski definition) is 1. The number of benzene rings is 2. The minimum absolute atomic E-state index is 0.171. The van der Waals surface area contributed by atoms with Crippen LogP contribution >= 0.6 is 23.8 Å². The van der Waals surface area contributed by atoms with Gasteiger partial charge in [-0.2, -0.15) is 0 Å². The highest BCUT2D eigenvalue weighted by Crippen LogP contribution is 2.43. The van der Waals surface area contributed by atoms with E-state index in [-0.39, 0.29) is 12.1 Å². The van der Waals surface area contributed by atoms with Crippen LogP contribution in [0.4, 0.5) is 11.4 Å². The normalized spacial score (nSPS) is 16.9. The summed E-state index contributed by atoms with van der Waals surface area (Å²) in [5, 5.41) is 4.63. The van der Waals surface area contributed by atoms with Gasteiger partial charge >= 0.3 is 0 Å². The van der Waals surface area contributed by atoms with Crippen LogP contribution in [0.2, 0.25) is 5.02 Å². The van der Waals surface area contributed by atoms with Gasteiger partial charge in [-0.15, -0.1) is 0 Å². The van der Waals surface area contributed by atoms with Crippen LogP contribution in [0.15, 0.2) is 85.2 Å². The van der Waals surface area contributed by atoms with Crippen LogP contribution in [-0.4, -0.2) is 49.1 Å². The first kappa shape index (κ1) is 26.0. The summed E-state index contributed by atoms with van der Waals surface area (Å²) < 4.78 is 13.1. The van der Waals surface area contributed by atoms with Crippen LogP contribution in [0.25, 0.3) is 5.69 Å². The van der Waals surface area contributed by atoms with E-state index in [4.69, 9.17) is 33.3 Å². The summed E-state index contributed by atoms with van der Waals surface area (Å²) in [7, 11) is 5.71. The third-order valence-electron chi connectivity index (χ3n) is 6.56. The van der Waals surface area contributed by atoms with Crippen LogP contribution in [0.5, 0.6) is 5.75 Å². The Morgan fingerprint density at radius 3 is 2.47 bits per heavy atom. The van der Waals surface area contributed by atoms with Crippen molar-refractivity contribution in [2.24, 2.45) is 0 Å². The smallest absolute Gasteiger partial charge is 0.174 e. The molecule has 5 rings (SSSR count). The quantitative estimate of drug-likeness (QED) is 0.210. The first-order valence-electron chi connectivity index (χ1n) is 12.3. The van der Waals surface area contributed by atoms with Crippen molar-refractivity contribution in [2.45, 2.75) is 12.1 Å². The Morgan fingerprint density at radius 1 is 1.00 bits per heavy atom. The number of nitrogens with one attached hydrogen (secondary N) is 1. The standard InChI is InChI=1S/C29H30ClN5O2S/c1-33(2)20-9-11-21(12-10-20)34-16-6-8-25(34)28-27(24-7-4-5-15-31-24)32-29(38)35(28)22-13-14-26(23(30)19-22)37-18-17-36-3/h4-16,19,27-28H,17-18H2,1-3H3,(H,32,38)/t27-,28+/m1/s1. The van der Waals surface area contributed by atoms with Gasteiger partial charge in [-0.1, -0.05) is 17.7 Å². The lowest BCUT2D eigenvalue weighted by Gasteiger charge is -2.29. The Balaban J connectivity index is 1.57. The van der Waals surface area contributed by atoms with E-state index in [2.05, 4.69) is 67.3 Å². The Hall–Kier alpha value is -3.59. The summed E-state index contributed by atoms with van der Waals surface area (Å²) in [5.41, 5.74) is 5.05. The number of rotatable bonds is 9. The van der Waals surface area contributed by atoms with E-state index in [0.29, 0.717) is 29.1 Å². The maximum Gasteiger partial charge on any atom is 0.174 e. The van der Waals surface area contributed by atoms with Crippen LogP contribution < -0.4 is 19.9 Å². The summed E-state index contributed by atoms with van der Waals surface area (Å²) in [5.74, 6) is 0.604. The van der Waals surface area contributed by atoms with E-state index in [1.54, 1.807) is 7.11 Å². The summed E-state index contributed by atoms with van der Waals surface area (Å²) in [6.07, 6.45) is 3.89. The molecule has 196 valence electrons. The number of methoxy groups -OCH3 is 1. The highest BCUT2D eigenvalue weighted by molar-refractivity contribution is 7.80. The Kier molecular flexibility index (Phi) is 7.83. The van der Waals surface area contributed by atoms with Crippen LogP contribution in [0.3, 0.4) is 0 Å². The van der Waals surface area contributed by atoms with E-state index in [1.165, 1.54) is 0 Å². The van der Waals surface area contributed by atoms with E-state index in [0.717, 1.165) is 28.5 Å². The molecular weight excluding hydrogens is 518 g/mol. The first-order chi connectivity index (χ1) is 18.5. The second kappa shape index (κ2) is 11.4. The van der Waals surface area contributed by atoms with Crippen LogP contribution in [-0.2, 0) is 4.74 Å². The molecule has 7 nitrogen and oxygen atoms in total. The highest BCUT2D eigenvalue weighted by atomic mass is 35.5. The molecule has 1 saturated heterocycles. The third kappa shape index (κ3) is 5.20. The Morgan fingerprint density at radius 2 is 1.79 bits per heavy atom. The van der Waals surface area contributed by atoms with Crippen molar-refractivity contribution in [3.8, 4) is 11.4 Å². The van der Waals surface area contributed by atoms with Crippen molar-refractivity contribution in [1.82, 2.24) is 14.9 Å². The van der Waals surface area contributed by atoms with Gasteiger partial charge in [-0.3, -0.25) is 4.98 Å². The number of pyridine rings is 1. The molecule has 0 saturated carbocycles. The molecule has 2 atom stereocenters. The Bertz CT molecular complexity index is 1390. The van der Waals surface area contributed by atoms with Gasteiger partial charge in [0.15, 0.2) is 5.11 Å². The molecular formula is C29H30ClN5O2S. The van der Waals surface area contributed by atoms with E-state index in [9.17, 15) is 0 Å². The van der Waals surface area contributed by atoms with Crippen LogP contribution in [0.1, 0.15) is 23.5 Å². The zero-order valence-corrected chi connectivity index (χ0v) is 23.1. The summed E-state index contributed by atoms with van der Waals surface area (Å²) in [4.78, 5) is 8.87. The predicted octanol–water partition coefficient (Wildman–Crippen LogP) is 5.79. The zero-order valence-electron chi connectivity index (χ0n) is 21.5. The molecule has 0 bridgehead atoms. The fourth-order valence-corrected chi connectivity index (χ4v) is 5.28. The average Bonchev–Trinajstić information content (AvgIpc) is 3.54. The fourth-order valence-electron chi connectivity index (χ4n) is 4.71. The van der Waals surface area contributed by atoms with Crippen molar-refractivity contribution in [2.75, 3.05) is 44.2 Å². The molecule has 38 heavy (non-hydrogen) atoms. The van der Waals surface area contributed by atoms with Crippen molar-refractivity contribution < 1.29 is 9.47 Å². The third-order valence-corrected chi connectivity index (χ3v) is 7.17. The van der Waals surface area contributed by atoms with Gasteiger partial charge < -0.3 is 29.2 Å². The number of ether oxygens (including phenoxy) is 2. The molecule has 1 fully saturated rings. The molecule has 1 N–H and O–H groups in total. The second-order valence-corrected chi connectivity index (χ2v) is 9.96. The second-order valence-electron chi connectivity index (χ2n) is 9.17. The molecule has 0 unspecified atom stereocenters.